The second-order valence-corrected chi connectivity index (χ2v) is 6.51. The second-order valence-electron chi connectivity index (χ2n) is 6.13. The minimum Gasteiger partial charge on any atom is -0.345 e. The zero-order valence-electron chi connectivity index (χ0n) is 12.4. The highest BCUT2D eigenvalue weighted by molar-refractivity contribution is 6.34. The van der Waals surface area contributed by atoms with Crippen molar-refractivity contribution >= 4 is 17.5 Å². The molecule has 2 saturated carbocycles. The fourth-order valence-electron chi connectivity index (χ4n) is 2.74. The van der Waals surface area contributed by atoms with Crippen LogP contribution in [0.25, 0.3) is 0 Å². The van der Waals surface area contributed by atoms with Gasteiger partial charge in [-0.2, -0.15) is 0 Å². The van der Waals surface area contributed by atoms with Crippen LogP contribution in [-0.2, 0) is 6.54 Å². The number of nitrogens with one attached hydrogen (secondary N) is 1. The van der Waals surface area contributed by atoms with Gasteiger partial charge in [-0.05, 0) is 37.8 Å². The summed E-state index contributed by atoms with van der Waals surface area (Å²) in [6.45, 7) is 0.266. The zero-order valence-corrected chi connectivity index (χ0v) is 13.2. The van der Waals surface area contributed by atoms with Crippen molar-refractivity contribution in [2.24, 2.45) is 0 Å². The number of carbonyl (C=O) groups is 1. The number of amides is 1. The van der Waals surface area contributed by atoms with E-state index in [4.69, 9.17) is 11.6 Å². The molecule has 4 rings (SSSR count). The van der Waals surface area contributed by atoms with Crippen LogP contribution in [0.5, 0.6) is 0 Å². The number of hydrogen-bond donors (Lipinski definition) is 1. The van der Waals surface area contributed by atoms with Crippen LogP contribution < -0.4 is 5.32 Å². The summed E-state index contributed by atoms with van der Waals surface area (Å²) in [6, 6.07) is 4.66. The Labute approximate surface area is 137 Å². The fraction of sp³-hybridized carbons (Fsp3) is 0.438. The number of hydrogen-bond acceptors (Lipinski definition) is 3. The molecule has 2 aliphatic rings. The molecule has 0 unspecified atom stereocenters. The van der Waals surface area contributed by atoms with Gasteiger partial charge in [0.05, 0.1) is 17.1 Å². The SMILES string of the molecule is O=C(NCc1nnc(C2CC2)n1C1CC1)c1cccc(F)c1Cl. The van der Waals surface area contributed by atoms with Gasteiger partial charge in [0.25, 0.3) is 5.91 Å². The smallest absolute Gasteiger partial charge is 0.253 e. The second kappa shape index (κ2) is 5.60. The van der Waals surface area contributed by atoms with Gasteiger partial charge in [-0.25, -0.2) is 4.39 Å². The summed E-state index contributed by atoms with van der Waals surface area (Å²) in [6.07, 6.45) is 4.59. The highest BCUT2D eigenvalue weighted by Gasteiger charge is 2.36. The van der Waals surface area contributed by atoms with E-state index in [1.54, 1.807) is 0 Å². The van der Waals surface area contributed by atoms with Crippen molar-refractivity contribution in [3.05, 3.63) is 46.3 Å². The molecule has 0 radical (unpaired) electrons. The van der Waals surface area contributed by atoms with Crippen molar-refractivity contribution in [3.8, 4) is 0 Å². The third-order valence-electron chi connectivity index (χ3n) is 4.25. The third-order valence-corrected chi connectivity index (χ3v) is 4.63. The highest BCUT2D eigenvalue weighted by atomic mass is 35.5. The third kappa shape index (κ3) is 2.83. The molecule has 1 N–H and O–H groups in total. The van der Waals surface area contributed by atoms with Crippen LogP contribution in [0.1, 0.15) is 59.6 Å². The lowest BCUT2D eigenvalue weighted by Crippen LogP contribution is -2.25. The lowest BCUT2D eigenvalue weighted by molar-refractivity contribution is 0.0949. The zero-order chi connectivity index (χ0) is 16.0. The van der Waals surface area contributed by atoms with Crippen molar-refractivity contribution in [3.63, 3.8) is 0 Å². The monoisotopic (exact) mass is 334 g/mol. The predicted molar refractivity (Wildman–Crippen MR) is 82.8 cm³/mol. The lowest BCUT2D eigenvalue weighted by atomic mass is 10.2. The van der Waals surface area contributed by atoms with E-state index in [1.807, 2.05) is 0 Å². The molecule has 1 aromatic carbocycles. The summed E-state index contributed by atoms with van der Waals surface area (Å²) in [5.41, 5.74) is 0.131. The van der Waals surface area contributed by atoms with Gasteiger partial charge in [0.1, 0.15) is 11.6 Å². The molecular weight excluding hydrogens is 319 g/mol. The molecule has 0 aliphatic heterocycles. The summed E-state index contributed by atoms with van der Waals surface area (Å²) in [7, 11) is 0. The molecule has 5 nitrogen and oxygen atoms in total. The van der Waals surface area contributed by atoms with Crippen LogP contribution in [0.3, 0.4) is 0 Å². The first kappa shape index (κ1) is 14.6. The molecule has 120 valence electrons. The first-order valence-electron chi connectivity index (χ1n) is 7.81. The highest BCUT2D eigenvalue weighted by Crippen LogP contribution is 2.44. The molecule has 0 saturated heterocycles. The molecule has 1 amide bonds. The Morgan fingerprint density at radius 3 is 2.78 bits per heavy atom. The summed E-state index contributed by atoms with van der Waals surface area (Å²) in [5.74, 6) is 1.31. The Balaban J connectivity index is 1.51. The number of benzene rings is 1. The molecule has 23 heavy (non-hydrogen) atoms. The molecule has 2 fully saturated rings. The molecule has 2 aromatic rings. The van der Waals surface area contributed by atoms with E-state index in [2.05, 4.69) is 20.1 Å². The molecule has 1 heterocycles. The van der Waals surface area contributed by atoms with E-state index in [0.29, 0.717) is 12.0 Å². The van der Waals surface area contributed by atoms with Crippen LogP contribution in [0.15, 0.2) is 18.2 Å². The van der Waals surface area contributed by atoms with Crippen LogP contribution in [0.2, 0.25) is 5.02 Å². The lowest BCUT2D eigenvalue weighted by Gasteiger charge is -2.10. The molecular formula is C16H16ClFN4O. The van der Waals surface area contributed by atoms with Gasteiger partial charge in [-0.15, -0.1) is 10.2 Å². The van der Waals surface area contributed by atoms with Gasteiger partial charge in [0.2, 0.25) is 0 Å². The average molecular weight is 335 g/mol. The van der Waals surface area contributed by atoms with Gasteiger partial charge in [-0.3, -0.25) is 4.79 Å². The van der Waals surface area contributed by atoms with Gasteiger partial charge < -0.3 is 9.88 Å². The molecule has 2 aliphatic carbocycles. The van der Waals surface area contributed by atoms with Gasteiger partial charge >= 0.3 is 0 Å². The van der Waals surface area contributed by atoms with Gasteiger partial charge in [-0.1, -0.05) is 17.7 Å². The first-order valence-corrected chi connectivity index (χ1v) is 8.19. The number of carbonyl (C=O) groups excluding carboxylic acids is 1. The quantitative estimate of drug-likeness (QED) is 0.913. The summed E-state index contributed by atoms with van der Waals surface area (Å²) >= 11 is 5.85. The molecule has 0 bridgehead atoms. The number of nitrogens with zero attached hydrogens (tertiary/aromatic N) is 3. The van der Waals surface area contributed by atoms with Gasteiger partial charge in [0.15, 0.2) is 5.82 Å². The van der Waals surface area contributed by atoms with E-state index < -0.39 is 11.7 Å². The van der Waals surface area contributed by atoms with E-state index >= 15 is 0 Å². The normalized spacial score (nSPS) is 17.3. The topological polar surface area (TPSA) is 59.8 Å². The Bertz CT molecular complexity index is 767. The van der Waals surface area contributed by atoms with E-state index in [1.165, 1.54) is 18.2 Å². The summed E-state index contributed by atoms with van der Waals surface area (Å²) in [5, 5.41) is 11.1. The van der Waals surface area contributed by atoms with Crippen LogP contribution in [0, 0.1) is 5.82 Å². The first-order chi connectivity index (χ1) is 11.1. The van der Waals surface area contributed by atoms with Crippen LogP contribution >= 0.6 is 11.6 Å². The summed E-state index contributed by atoms with van der Waals surface area (Å²) < 4.78 is 15.6. The van der Waals surface area contributed by atoms with E-state index in [9.17, 15) is 9.18 Å². The predicted octanol–water partition coefficient (Wildman–Crippen LogP) is 3.21. The van der Waals surface area contributed by atoms with Crippen molar-refractivity contribution in [1.29, 1.82) is 0 Å². The van der Waals surface area contributed by atoms with Crippen molar-refractivity contribution in [2.45, 2.75) is 44.2 Å². The van der Waals surface area contributed by atoms with Crippen molar-refractivity contribution in [2.75, 3.05) is 0 Å². The van der Waals surface area contributed by atoms with E-state index in [0.717, 1.165) is 37.3 Å². The molecule has 7 heteroatoms. The Hall–Kier alpha value is -1.95. The Morgan fingerprint density at radius 1 is 1.30 bits per heavy atom. The number of aromatic nitrogens is 3. The largest absolute Gasteiger partial charge is 0.345 e. The standard InChI is InChI=1S/C16H16ClFN4O/c17-14-11(2-1-3-12(14)18)16(23)19-8-13-20-21-15(9-4-5-9)22(13)10-6-7-10/h1-3,9-10H,4-8H2,(H,19,23). The molecule has 0 spiro atoms. The Kier molecular flexibility index (Phi) is 3.56. The van der Waals surface area contributed by atoms with Crippen molar-refractivity contribution in [1.82, 2.24) is 20.1 Å². The van der Waals surface area contributed by atoms with E-state index in [-0.39, 0.29) is 17.1 Å². The van der Waals surface area contributed by atoms with Gasteiger partial charge in [0, 0.05) is 12.0 Å². The maximum Gasteiger partial charge on any atom is 0.253 e. The maximum atomic E-state index is 13.4. The Morgan fingerprint density at radius 2 is 2.09 bits per heavy atom. The maximum absolute atomic E-state index is 13.4. The number of rotatable bonds is 5. The van der Waals surface area contributed by atoms with Crippen LogP contribution in [-0.4, -0.2) is 20.7 Å². The van der Waals surface area contributed by atoms with Crippen LogP contribution in [0.4, 0.5) is 4.39 Å². The number of halogens is 2. The molecule has 0 atom stereocenters. The fourth-order valence-corrected chi connectivity index (χ4v) is 2.95. The molecule has 1 aromatic heterocycles. The minimum absolute atomic E-state index is 0.131. The van der Waals surface area contributed by atoms with Crippen molar-refractivity contribution < 1.29 is 9.18 Å². The summed E-state index contributed by atoms with van der Waals surface area (Å²) in [4.78, 5) is 12.2. The average Bonchev–Trinajstić information content (AvgIpc) is 3.46. The minimum atomic E-state index is -0.600.